The molecule has 2 aromatic heterocycles. The molecule has 0 aliphatic heterocycles. The fourth-order valence-electron chi connectivity index (χ4n) is 1.91. The minimum atomic E-state index is -0.553. The van der Waals surface area contributed by atoms with E-state index in [0.717, 1.165) is 4.57 Å². The van der Waals surface area contributed by atoms with Crippen molar-refractivity contribution in [3.63, 3.8) is 0 Å². The van der Waals surface area contributed by atoms with Crippen LogP contribution in [0.15, 0.2) is 15.0 Å². The monoisotopic (exact) mass is 365 g/mol. The number of aromatic nitrogens is 3. The number of aromatic hydroxyl groups is 1. The van der Waals surface area contributed by atoms with Crippen LogP contribution in [0.25, 0.3) is 0 Å². The van der Waals surface area contributed by atoms with Gasteiger partial charge in [-0.2, -0.15) is 17.9 Å². The van der Waals surface area contributed by atoms with Gasteiger partial charge in [0.05, 0.1) is 5.88 Å². The first-order valence-electron chi connectivity index (χ1n) is 6.88. The Labute approximate surface area is 147 Å². The van der Waals surface area contributed by atoms with Crippen LogP contribution in [0.4, 0.5) is 16.0 Å². The number of pyridine rings is 1. The summed E-state index contributed by atoms with van der Waals surface area (Å²) in [5.74, 6) is 0.138. The SMILES string of the molecule is CCn1c(O)c(/N=N/c2nnc(N(C)CS)s2)c(C)c(C#N)c1=O. The lowest BCUT2D eigenvalue weighted by atomic mass is 10.1. The topological polar surface area (TPSA) is 120 Å². The molecule has 0 aliphatic rings. The maximum Gasteiger partial charge on any atom is 0.271 e. The quantitative estimate of drug-likeness (QED) is 0.477. The highest BCUT2D eigenvalue weighted by Crippen LogP contribution is 2.33. The van der Waals surface area contributed by atoms with E-state index in [1.165, 1.54) is 18.3 Å². The van der Waals surface area contributed by atoms with Crippen LogP contribution >= 0.6 is 24.0 Å². The van der Waals surface area contributed by atoms with E-state index in [4.69, 9.17) is 5.26 Å². The Morgan fingerprint density at radius 2 is 2.17 bits per heavy atom. The predicted octanol–water partition coefficient (Wildman–Crippen LogP) is 2.34. The van der Waals surface area contributed by atoms with Gasteiger partial charge in [-0.05, 0) is 13.8 Å². The van der Waals surface area contributed by atoms with Crippen molar-refractivity contribution in [2.45, 2.75) is 20.4 Å². The molecular weight excluding hydrogens is 350 g/mol. The van der Waals surface area contributed by atoms with Crippen molar-refractivity contribution in [3.05, 3.63) is 21.5 Å². The summed E-state index contributed by atoms with van der Waals surface area (Å²) < 4.78 is 1.07. The second kappa shape index (κ2) is 7.41. The Kier molecular flexibility index (Phi) is 5.53. The molecule has 1 N–H and O–H groups in total. The van der Waals surface area contributed by atoms with Crippen LogP contribution in [-0.2, 0) is 6.54 Å². The van der Waals surface area contributed by atoms with E-state index in [9.17, 15) is 9.90 Å². The van der Waals surface area contributed by atoms with Gasteiger partial charge < -0.3 is 10.0 Å². The Morgan fingerprint density at radius 3 is 2.75 bits per heavy atom. The number of nitrogens with zero attached hydrogens (tertiary/aromatic N) is 7. The van der Waals surface area contributed by atoms with Crippen molar-refractivity contribution >= 4 is 39.9 Å². The number of nitriles is 1. The fourth-order valence-corrected chi connectivity index (χ4v) is 2.76. The van der Waals surface area contributed by atoms with Gasteiger partial charge >= 0.3 is 0 Å². The molecular formula is C13H15N7O2S2. The van der Waals surface area contributed by atoms with Crippen molar-refractivity contribution in [1.29, 1.82) is 5.26 Å². The molecule has 0 bridgehead atoms. The van der Waals surface area contributed by atoms with E-state index in [1.807, 2.05) is 6.07 Å². The highest BCUT2D eigenvalue weighted by atomic mass is 32.1. The average molecular weight is 365 g/mol. The van der Waals surface area contributed by atoms with Crippen LogP contribution in [0.3, 0.4) is 0 Å². The summed E-state index contributed by atoms with van der Waals surface area (Å²) in [5, 5.41) is 36.0. The number of azo groups is 1. The summed E-state index contributed by atoms with van der Waals surface area (Å²) in [4.78, 5) is 13.9. The Hall–Kier alpha value is -2.45. The van der Waals surface area contributed by atoms with E-state index >= 15 is 0 Å². The van der Waals surface area contributed by atoms with Crippen LogP contribution in [0.5, 0.6) is 5.88 Å². The molecule has 0 radical (unpaired) electrons. The summed E-state index contributed by atoms with van der Waals surface area (Å²) in [6, 6.07) is 1.84. The van der Waals surface area contributed by atoms with Crippen LogP contribution in [-0.4, -0.2) is 32.8 Å². The molecule has 0 unspecified atom stereocenters. The van der Waals surface area contributed by atoms with E-state index in [-0.39, 0.29) is 34.4 Å². The lowest BCUT2D eigenvalue weighted by Crippen LogP contribution is -2.23. The zero-order valence-electron chi connectivity index (χ0n) is 13.3. The summed E-state index contributed by atoms with van der Waals surface area (Å²) >= 11 is 5.34. The summed E-state index contributed by atoms with van der Waals surface area (Å²) in [6.45, 7) is 3.43. The third-order valence-corrected chi connectivity index (χ3v) is 4.61. The molecule has 2 aromatic rings. The number of thiol groups is 1. The lowest BCUT2D eigenvalue weighted by molar-refractivity contribution is 0.412. The average Bonchev–Trinajstić information content (AvgIpc) is 3.03. The van der Waals surface area contributed by atoms with Gasteiger partial charge in [-0.3, -0.25) is 9.36 Å². The van der Waals surface area contributed by atoms with E-state index in [0.29, 0.717) is 11.0 Å². The number of hydrogen-bond acceptors (Lipinski definition) is 10. The van der Waals surface area contributed by atoms with Gasteiger partial charge in [-0.1, -0.05) is 11.3 Å². The summed E-state index contributed by atoms with van der Waals surface area (Å²) in [6.07, 6.45) is 0. The highest BCUT2D eigenvalue weighted by Gasteiger charge is 2.18. The van der Waals surface area contributed by atoms with Crippen LogP contribution < -0.4 is 10.5 Å². The Balaban J connectivity index is 2.48. The van der Waals surface area contributed by atoms with E-state index in [2.05, 4.69) is 33.1 Å². The molecule has 2 heterocycles. The highest BCUT2D eigenvalue weighted by molar-refractivity contribution is 7.80. The maximum absolute atomic E-state index is 12.1. The second-order valence-corrected chi connectivity index (χ2v) is 5.96. The second-order valence-electron chi connectivity index (χ2n) is 4.74. The van der Waals surface area contributed by atoms with Crippen molar-refractivity contribution in [1.82, 2.24) is 14.8 Å². The maximum atomic E-state index is 12.1. The molecule has 2 rings (SSSR count). The zero-order valence-corrected chi connectivity index (χ0v) is 15.0. The molecule has 0 spiro atoms. The van der Waals surface area contributed by atoms with Crippen molar-refractivity contribution in [2.24, 2.45) is 10.2 Å². The predicted molar refractivity (Wildman–Crippen MR) is 93.8 cm³/mol. The minimum Gasteiger partial charge on any atom is -0.493 e. The van der Waals surface area contributed by atoms with Crippen LogP contribution in [0.1, 0.15) is 18.1 Å². The van der Waals surface area contributed by atoms with Crippen LogP contribution in [0.2, 0.25) is 0 Å². The normalized spacial score (nSPS) is 11.0. The molecule has 0 aliphatic carbocycles. The molecule has 24 heavy (non-hydrogen) atoms. The first kappa shape index (κ1) is 17.9. The Morgan fingerprint density at radius 1 is 1.46 bits per heavy atom. The molecule has 9 nitrogen and oxygen atoms in total. The molecule has 0 aromatic carbocycles. The van der Waals surface area contributed by atoms with Gasteiger partial charge in [0.1, 0.15) is 11.6 Å². The molecule has 0 fully saturated rings. The standard InChI is InChI=1S/C13H15N7O2S2/c1-4-20-10(21)8(5-14)7(2)9(11(20)22)15-16-12-17-18-13(24-12)19(3)6-23/h22-23H,4,6H2,1-3H3/b16-15+. The van der Waals surface area contributed by atoms with Gasteiger partial charge in [-0.15, -0.1) is 20.4 Å². The molecule has 11 heteroatoms. The lowest BCUT2D eigenvalue weighted by Gasteiger charge is -2.10. The van der Waals surface area contributed by atoms with Crippen molar-refractivity contribution in [2.75, 3.05) is 17.8 Å². The van der Waals surface area contributed by atoms with Gasteiger partial charge in [0, 0.05) is 19.2 Å². The first-order chi connectivity index (χ1) is 11.4. The van der Waals surface area contributed by atoms with E-state index < -0.39 is 5.56 Å². The van der Waals surface area contributed by atoms with Crippen LogP contribution in [0, 0.1) is 18.3 Å². The smallest absolute Gasteiger partial charge is 0.271 e. The van der Waals surface area contributed by atoms with Crippen molar-refractivity contribution < 1.29 is 5.11 Å². The van der Waals surface area contributed by atoms with Gasteiger partial charge in [0.25, 0.3) is 10.7 Å². The van der Waals surface area contributed by atoms with Crippen molar-refractivity contribution in [3.8, 4) is 11.9 Å². The molecule has 0 saturated carbocycles. The third kappa shape index (κ3) is 3.24. The molecule has 126 valence electrons. The molecule has 0 saturated heterocycles. The number of rotatable bonds is 5. The van der Waals surface area contributed by atoms with Gasteiger partial charge in [0.15, 0.2) is 5.69 Å². The molecule has 0 amide bonds. The Bertz CT molecular complexity index is 882. The largest absolute Gasteiger partial charge is 0.493 e. The van der Waals surface area contributed by atoms with E-state index in [1.54, 1.807) is 18.9 Å². The molecule has 0 atom stereocenters. The fraction of sp³-hybridized carbons (Fsp3) is 0.385. The number of hydrogen-bond donors (Lipinski definition) is 2. The first-order valence-corrected chi connectivity index (χ1v) is 8.33. The summed E-state index contributed by atoms with van der Waals surface area (Å²) in [5.41, 5.74) is -0.295. The zero-order chi connectivity index (χ0) is 17.9. The number of anilines is 1. The third-order valence-electron chi connectivity index (χ3n) is 3.26. The van der Waals surface area contributed by atoms with Gasteiger partial charge in [-0.25, -0.2) is 0 Å². The minimum absolute atomic E-state index is 0.0623. The summed E-state index contributed by atoms with van der Waals surface area (Å²) in [7, 11) is 1.81. The van der Waals surface area contributed by atoms with Gasteiger partial charge in [0.2, 0.25) is 11.0 Å².